The summed E-state index contributed by atoms with van der Waals surface area (Å²) in [5, 5.41) is 17.7. The molecule has 0 aliphatic carbocycles. The Morgan fingerprint density at radius 2 is 1.80 bits per heavy atom. The number of ether oxygens (including phenoxy) is 2. The van der Waals surface area contributed by atoms with Gasteiger partial charge in [-0.3, -0.25) is 0 Å². The summed E-state index contributed by atoms with van der Waals surface area (Å²) in [7, 11) is 1.63. The molecule has 2 aromatic carbocycles. The van der Waals surface area contributed by atoms with E-state index < -0.39 is 6.10 Å². The molecule has 8 heteroatoms. The molecule has 1 fully saturated rings. The number of nitrogens with one attached hydrogen (secondary N) is 1. The highest BCUT2D eigenvalue weighted by molar-refractivity contribution is 7.17. The van der Waals surface area contributed by atoms with Gasteiger partial charge in [-0.05, 0) is 55.8 Å². The summed E-state index contributed by atoms with van der Waals surface area (Å²) in [6.07, 6.45) is 2.93. The van der Waals surface area contributed by atoms with Crippen LogP contribution >= 0.6 is 11.3 Å². The summed E-state index contributed by atoms with van der Waals surface area (Å²) in [5.74, 6) is 2.35. The largest absolute Gasteiger partial charge is 0.497 e. The molecule has 5 rings (SSSR count). The molecule has 182 valence electrons. The van der Waals surface area contributed by atoms with Crippen molar-refractivity contribution in [1.82, 2.24) is 15.3 Å². The zero-order valence-corrected chi connectivity index (χ0v) is 20.6. The zero-order chi connectivity index (χ0) is 24.0. The molecule has 1 aliphatic rings. The summed E-state index contributed by atoms with van der Waals surface area (Å²) in [6.45, 7) is 2.51. The Hall–Kier alpha value is -3.20. The van der Waals surface area contributed by atoms with Crippen LogP contribution in [0.3, 0.4) is 0 Å². The molecule has 0 radical (unpaired) electrons. The maximum Gasteiger partial charge on any atom is 0.141 e. The number of hydrogen-bond acceptors (Lipinski definition) is 8. The third kappa shape index (κ3) is 5.40. The Bertz CT molecular complexity index is 1230. The highest BCUT2D eigenvalue weighted by Gasteiger charge is 2.27. The van der Waals surface area contributed by atoms with Crippen molar-refractivity contribution in [1.29, 1.82) is 0 Å². The van der Waals surface area contributed by atoms with Crippen LogP contribution < -0.4 is 19.7 Å². The van der Waals surface area contributed by atoms with Gasteiger partial charge in [-0.25, -0.2) is 9.97 Å². The van der Waals surface area contributed by atoms with E-state index in [0.29, 0.717) is 12.3 Å². The van der Waals surface area contributed by atoms with Crippen LogP contribution in [-0.4, -0.2) is 60.6 Å². The van der Waals surface area contributed by atoms with Crippen molar-refractivity contribution >= 4 is 27.4 Å². The van der Waals surface area contributed by atoms with E-state index in [1.54, 1.807) is 24.8 Å². The molecular formula is C27H30N4O3S. The Labute approximate surface area is 209 Å². The lowest BCUT2D eigenvalue weighted by molar-refractivity contribution is 0.109. The van der Waals surface area contributed by atoms with Gasteiger partial charge in [-0.2, -0.15) is 0 Å². The number of benzene rings is 2. The fourth-order valence-electron chi connectivity index (χ4n) is 4.58. The maximum absolute atomic E-state index is 11.0. The number of hydrogen-bond donors (Lipinski definition) is 2. The van der Waals surface area contributed by atoms with E-state index in [4.69, 9.17) is 14.5 Å². The van der Waals surface area contributed by atoms with Crippen molar-refractivity contribution in [3.8, 4) is 22.6 Å². The Morgan fingerprint density at radius 1 is 1.06 bits per heavy atom. The molecule has 1 saturated heterocycles. The lowest BCUT2D eigenvalue weighted by Gasteiger charge is -2.37. The summed E-state index contributed by atoms with van der Waals surface area (Å²) in [5.41, 5.74) is 2.27. The molecule has 0 amide bonds. The summed E-state index contributed by atoms with van der Waals surface area (Å²) < 4.78 is 11.1. The van der Waals surface area contributed by atoms with Gasteiger partial charge in [0.1, 0.15) is 41.2 Å². The smallest absolute Gasteiger partial charge is 0.141 e. The maximum atomic E-state index is 11.0. The van der Waals surface area contributed by atoms with E-state index in [0.717, 1.165) is 58.8 Å². The molecule has 1 atom stereocenters. The van der Waals surface area contributed by atoms with E-state index in [-0.39, 0.29) is 12.6 Å². The van der Waals surface area contributed by atoms with Crippen molar-refractivity contribution in [2.45, 2.75) is 25.0 Å². The quantitative estimate of drug-likeness (QED) is 0.361. The van der Waals surface area contributed by atoms with E-state index in [2.05, 4.69) is 32.7 Å². The Balaban J connectivity index is 1.42. The topological polar surface area (TPSA) is 79.7 Å². The average Bonchev–Trinajstić information content (AvgIpc) is 3.36. The molecule has 0 bridgehead atoms. The second-order valence-corrected chi connectivity index (χ2v) is 9.52. The average molecular weight is 491 g/mol. The van der Waals surface area contributed by atoms with Crippen LogP contribution in [0.15, 0.2) is 66.3 Å². The van der Waals surface area contributed by atoms with Crippen molar-refractivity contribution in [2.75, 3.05) is 38.3 Å². The third-order valence-electron chi connectivity index (χ3n) is 6.37. The van der Waals surface area contributed by atoms with Gasteiger partial charge in [0.05, 0.1) is 12.5 Å². The van der Waals surface area contributed by atoms with Gasteiger partial charge in [-0.1, -0.05) is 30.3 Å². The van der Waals surface area contributed by atoms with E-state index in [1.807, 2.05) is 42.5 Å². The van der Waals surface area contributed by atoms with Gasteiger partial charge in [0, 0.05) is 23.5 Å². The van der Waals surface area contributed by atoms with Crippen molar-refractivity contribution in [3.05, 3.63) is 66.3 Å². The molecule has 2 N–H and O–H groups in total. The fourth-order valence-corrected chi connectivity index (χ4v) is 5.49. The van der Waals surface area contributed by atoms with Gasteiger partial charge in [0.15, 0.2) is 0 Å². The van der Waals surface area contributed by atoms with Gasteiger partial charge < -0.3 is 24.8 Å². The molecule has 1 aliphatic heterocycles. The fraction of sp³-hybridized carbons (Fsp3) is 0.333. The van der Waals surface area contributed by atoms with E-state index >= 15 is 0 Å². The minimum atomic E-state index is -0.684. The second kappa shape index (κ2) is 11.0. The SMILES string of the molecule is COc1ccc(OCC(O)CN(c2ncnc3scc(-c4ccccc4)c23)C2CCNCC2)cc1. The summed E-state index contributed by atoms with van der Waals surface area (Å²) >= 11 is 1.63. The van der Waals surface area contributed by atoms with Crippen LogP contribution in [-0.2, 0) is 0 Å². The molecule has 3 heterocycles. The van der Waals surface area contributed by atoms with Crippen molar-refractivity contribution in [2.24, 2.45) is 0 Å². The highest BCUT2D eigenvalue weighted by atomic mass is 32.1. The number of aliphatic hydroxyl groups excluding tert-OH is 1. The minimum Gasteiger partial charge on any atom is -0.497 e. The molecule has 1 unspecified atom stereocenters. The highest BCUT2D eigenvalue weighted by Crippen LogP contribution is 2.39. The molecule has 0 saturated carbocycles. The van der Waals surface area contributed by atoms with E-state index in [9.17, 15) is 5.11 Å². The van der Waals surface area contributed by atoms with Crippen molar-refractivity contribution in [3.63, 3.8) is 0 Å². The van der Waals surface area contributed by atoms with E-state index in [1.165, 1.54) is 0 Å². The summed E-state index contributed by atoms with van der Waals surface area (Å²) in [4.78, 5) is 12.5. The van der Waals surface area contributed by atoms with Crippen LogP contribution in [0, 0.1) is 0 Å². The van der Waals surface area contributed by atoms with Crippen LogP contribution in [0.4, 0.5) is 5.82 Å². The van der Waals surface area contributed by atoms with Crippen LogP contribution in [0.2, 0.25) is 0 Å². The van der Waals surface area contributed by atoms with Gasteiger partial charge in [-0.15, -0.1) is 11.3 Å². The predicted molar refractivity (Wildman–Crippen MR) is 141 cm³/mol. The van der Waals surface area contributed by atoms with Crippen molar-refractivity contribution < 1.29 is 14.6 Å². The molecular weight excluding hydrogens is 460 g/mol. The number of rotatable bonds is 9. The molecule has 35 heavy (non-hydrogen) atoms. The predicted octanol–water partition coefficient (Wildman–Crippen LogP) is 4.37. The van der Waals surface area contributed by atoms with Crippen LogP contribution in [0.25, 0.3) is 21.3 Å². The first kappa shape index (κ1) is 23.5. The van der Waals surface area contributed by atoms with Gasteiger partial charge in [0.2, 0.25) is 0 Å². The first-order chi connectivity index (χ1) is 17.2. The van der Waals surface area contributed by atoms with Crippen LogP contribution in [0.5, 0.6) is 11.5 Å². The number of nitrogens with zero attached hydrogens (tertiary/aromatic N) is 3. The first-order valence-corrected chi connectivity index (χ1v) is 12.8. The van der Waals surface area contributed by atoms with Gasteiger partial charge >= 0.3 is 0 Å². The molecule has 4 aromatic rings. The van der Waals surface area contributed by atoms with Crippen LogP contribution in [0.1, 0.15) is 12.8 Å². The number of thiophene rings is 1. The number of anilines is 1. The number of aliphatic hydroxyl groups is 1. The first-order valence-electron chi connectivity index (χ1n) is 11.9. The number of aromatic nitrogens is 2. The third-order valence-corrected chi connectivity index (χ3v) is 7.25. The number of piperidine rings is 1. The lowest BCUT2D eigenvalue weighted by atomic mass is 10.0. The monoisotopic (exact) mass is 490 g/mol. The molecule has 0 spiro atoms. The minimum absolute atomic E-state index is 0.192. The normalized spacial score (nSPS) is 15.1. The second-order valence-electron chi connectivity index (χ2n) is 8.67. The molecule has 2 aromatic heterocycles. The number of methoxy groups -OCH3 is 1. The lowest BCUT2D eigenvalue weighted by Crippen LogP contribution is -2.47. The molecule has 7 nitrogen and oxygen atoms in total. The zero-order valence-electron chi connectivity index (χ0n) is 19.8. The van der Waals surface area contributed by atoms with Gasteiger partial charge in [0.25, 0.3) is 0 Å². The summed E-state index contributed by atoms with van der Waals surface area (Å²) in [6, 6.07) is 18.0. The Kier molecular flexibility index (Phi) is 7.42. The number of fused-ring (bicyclic) bond motifs is 1. The Morgan fingerprint density at radius 3 is 2.54 bits per heavy atom. The standard InChI is InChI=1S/C27H30N4O3S/c1-33-22-7-9-23(10-8-22)34-16-21(32)15-31(20-11-13-28-14-12-20)26-25-24(19-5-3-2-4-6-19)17-35-27(25)30-18-29-26/h2-10,17-18,20-21,28,32H,11-16H2,1H3.